The lowest BCUT2D eigenvalue weighted by atomic mass is 9.81. The number of anilines is 1. The van der Waals surface area contributed by atoms with Crippen LogP contribution in [0.4, 0.5) is 11.4 Å². The fourth-order valence-corrected chi connectivity index (χ4v) is 4.43. The Morgan fingerprint density at radius 1 is 1.00 bits per heavy atom. The molecule has 2 heteroatoms. The topological polar surface area (TPSA) is 15.6 Å². The molecule has 0 fully saturated rings. The van der Waals surface area contributed by atoms with E-state index >= 15 is 0 Å². The minimum Gasteiger partial charge on any atom is -0.372 e. The third kappa shape index (κ3) is 3.34. The van der Waals surface area contributed by atoms with Gasteiger partial charge >= 0.3 is 0 Å². The SMILES string of the molecule is CCc1ccc2c(c1)N=C(C1=Cc3ccc(N(CC)CC)cc3CC1C)C2. The maximum atomic E-state index is 5.02. The Morgan fingerprint density at radius 2 is 1.81 bits per heavy atom. The fourth-order valence-electron chi connectivity index (χ4n) is 4.43. The van der Waals surface area contributed by atoms with Crippen LogP contribution in [0.15, 0.2) is 47.0 Å². The van der Waals surface area contributed by atoms with E-state index in [1.807, 2.05) is 0 Å². The standard InChI is InChI=1S/C25H30N2/c1-5-18-8-9-20-16-25(26-24(20)13-18)23-15-19-10-11-22(27(6-2)7-3)14-21(19)12-17(23)4/h8-11,13-15,17H,5-7,12,16H2,1-4H3. The highest BCUT2D eigenvalue weighted by molar-refractivity contribution is 6.09. The second-order valence-electron chi connectivity index (χ2n) is 7.81. The molecule has 140 valence electrons. The molecule has 27 heavy (non-hydrogen) atoms. The second kappa shape index (κ2) is 7.34. The number of aliphatic imine (C=N–C) groups is 1. The molecule has 0 bridgehead atoms. The van der Waals surface area contributed by atoms with E-state index < -0.39 is 0 Å². The van der Waals surface area contributed by atoms with E-state index in [-0.39, 0.29) is 0 Å². The molecule has 2 aliphatic rings. The van der Waals surface area contributed by atoms with Crippen LogP contribution in [0, 0.1) is 5.92 Å². The van der Waals surface area contributed by atoms with Crippen LogP contribution in [0.25, 0.3) is 6.08 Å². The van der Waals surface area contributed by atoms with Crippen LogP contribution in [0.5, 0.6) is 0 Å². The maximum absolute atomic E-state index is 5.02. The molecule has 0 aromatic heterocycles. The molecule has 1 unspecified atom stereocenters. The lowest BCUT2D eigenvalue weighted by Crippen LogP contribution is -2.23. The number of benzene rings is 2. The highest BCUT2D eigenvalue weighted by Crippen LogP contribution is 2.37. The smallest absolute Gasteiger partial charge is 0.0671 e. The molecule has 0 saturated heterocycles. The van der Waals surface area contributed by atoms with Crippen LogP contribution < -0.4 is 4.90 Å². The van der Waals surface area contributed by atoms with E-state index in [2.05, 4.69) is 75.1 Å². The molecule has 2 aromatic carbocycles. The van der Waals surface area contributed by atoms with Gasteiger partial charge in [0.1, 0.15) is 0 Å². The summed E-state index contributed by atoms with van der Waals surface area (Å²) in [6.07, 6.45) is 5.54. The molecule has 1 aliphatic carbocycles. The first kappa shape index (κ1) is 18.0. The number of nitrogens with zero attached hydrogens (tertiary/aromatic N) is 2. The van der Waals surface area contributed by atoms with Crippen LogP contribution in [-0.4, -0.2) is 18.8 Å². The minimum atomic E-state index is 0.517. The average Bonchev–Trinajstić information content (AvgIpc) is 3.11. The van der Waals surface area contributed by atoms with Gasteiger partial charge in [-0.15, -0.1) is 0 Å². The first-order valence-electron chi connectivity index (χ1n) is 10.4. The van der Waals surface area contributed by atoms with Crippen molar-refractivity contribution in [2.45, 2.75) is 47.0 Å². The van der Waals surface area contributed by atoms with Gasteiger partial charge in [-0.1, -0.05) is 32.0 Å². The molecule has 0 saturated carbocycles. The molecule has 2 nitrogen and oxygen atoms in total. The summed E-state index contributed by atoms with van der Waals surface area (Å²) in [4.78, 5) is 7.44. The van der Waals surface area contributed by atoms with Crippen molar-refractivity contribution in [3.05, 3.63) is 64.2 Å². The van der Waals surface area contributed by atoms with Gasteiger partial charge in [0.15, 0.2) is 0 Å². The molecule has 4 rings (SSSR count). The van der Waals surface area contributed by atoms with Crippen molar-refractivity contribution in [1.82, 2.24) is 0 Å². The predicted molar refractivity (Wildman–Crippen MR) is 117 cm³/mol. The second-order valence-corrected chi connectivity index (χ2v) is 7.81. The molecule has 0 spiro atoms. The average molecular weight is 359 g/mol. The van der Waals surface area contributed by atoms with Gasteiger partial charge < -0.3 is 4.90 Å². The van der Waals surface area contributed by atoms with Crippen LogP contribution in [-0.2, 0) is 19.3 Å². The number of hydrogen-bond donors (Lipinski definition) is 0. The lowest BCUT2D eigenvalue weighted by Gasteiger charge is -2.27. The minimum absolute atomic E-state index is 0.517. The normalized spacial score (nSPS) is 17.9. The molecule has 0 radical (unpaired) electrons. The van der Waals surface area contributed by atoms with Crippen molar-refractivity contribution >= 4 is 23.2 Å². The highest BCUT2D eigenvalue weighted by Gasteiger charge is 2.25. The van der Waals surface area contributed by atoms with E-state index in [1.165, 1.54) is 44.9 Å². The highest BCUT2D eigenvalue weighted by atomic mass is 15.1. The van der Waals surface area contributed by atoms with Crippen molar-refractivity contribution < 1.29 is 0 Å². The van der Waals surface area contributed by atoms with Gasteiger partial charge in [-0.3, -0.25) is 4.99 Å². The Morgan fingerprint density at radius 3 is 2.56 bits per heavy atom. The van der Waals surface area contributed by atoms with Gasteiger partial charge in [0.25, 0.3) is 0 Å². The number of fused-ring (bicyclic) bond motifs is 2. The third-order valence-corrected chi connectivity index (χ3v) is 6.13. The maximum Gasteiger partial charge on any atom is 0.0671 e. The van der Waals surface area contributed by atoms with Crippen molar-refractivity contribution in [2.75, 3.05) is 18.0 Å². The molecule has 0 amide bonds. The van der Waals surface area contributed by atoms with Gasteiger partial charge in [0, 0.05) is 30.9 Å². The summed E-state index contributed by atoms with van der Waals surface area (Å²) in [5.74, 6) is 0.517. The van der Waals surface area contributed by atoms with Crippen molar-refractivity contribution in [2.24, 2.45) is 10.9 Å². The van der Waals surface area contributed by atoms with Gasteiger partial charge in [-0.2, -0.15) is 0 Å². The number of aryl methyl sites for hydroxylation is 1. The fraction of sp³-hybridized carbons (Fsp3) is 0.400. The summed E-state index contributed by atoms with van der Waals surface area (Å²) in [7, 11) is 0. The van der Waals surface area contributed by atoms with E-state index in [1.54, 1.807) is 0 Å². The zero-order valence-corrected chi connectivity index (χ0v) is 17.0. The Kier molecular flexibility index (Phi) is 4.90. The summed E-state index contributed by atoms with van der Waals surface area (Å²) in [6.45, 7) is 11.1. The van der Waals surface area contributed by atoms with Crippen LogP contribution >= 0.6 is 0 Å². The first-order valence-corrected chi connectivity index (χ1v) is 10.4. The van der Waals surface area contributed by atoms with Gasteiger partial charge in [0.2, 0.25) is 0 Å². The monoisotopic (exact) mass is 358 g/mol. The van der Waals surface area contributed by atoms with E-state index in [9.17, 15) is 0 Å². The van der Waals surface area contributed by atoms with Crippen molar-refractivity contribution in [1.29, 1.82) is 0 Å². The number of hydrogen-bond acceptors (Lipinski definition) is 2. The molecule has 1 heterocycles. The van der Waals surface area contributed by atoms with E-state index in [4.69, 9.17) is 4.99 Å². The molecular weight excluding hydrogens is 328 g/mol. The Labute approximate surface area is 163 Å². The van der Waals surface area contributed by atoms with Crippen LogP contribution in [0.1, 0.15) is 49.9 Å². The molecule has 1 aliphatic heterocycles. The zero-order valence-electron chi connectivity index (χ0n) is 17.0. The lowest BCUT2D eigenvalue weighted by molar-refractivity contribution is 0.694. The molecule has 0 N–H and O–H groups in total. The Hall–Kier alpha value is -2.35. The number of rotatable bonds is 5. The van der Waals surface area contributed by atoms with Gasteiger partial charge in [0.05, 0.1) is 5.69 Å². The molecule has 2 aromatic rings. The zero-order chi connectivity index (χ0) is 19.0. The Bertz CT molecular complexity index is 916. The summed E-state index contributed by atoms with van der Waals surface area (Å²) in [5.41, 5.74) is 10.8. The summed E-state index contributed by atoms with van der Waals surface area (Å²) in [5, 5.41) is 0. The largest absolute Gasteiger partial charge is 0.372 e. The van der Waals surface area contributed by atoms with Crippen molar-refractivity contribution in [3.63, 3.8) is 0 Å². The summed E-state index contributed by atoms with van der Waals surface area (Å²) in [6, 6.07) is 13.7. The predicted octanol–water partition coefficient (Wildman–Crippen LogP) is 6.00. The molecule has 1 atom stereocenters. The van der Waals surface area contributed by atoms with E-state index in [0.717, 1.165) is 32.4 Å². The van der Waals surface area contributed by atoms with Gasteiger partial charge in [-0.05, 0) is 84.7 Å². The quantitative estimate of drug-likeness (QED) is 0.640. The summed E-state index contributed by atoms with van der Waals surface area (Å²) < 4.78 is 0. The van der Waals surface area contributed by atoms with Crippen LogP contribution in [0.3, 0.4) is 0 Å². The molecular formula is C25H30N2. The van der Waals surface area contributed by atoms with Gasteiger partial charge in [-0.25, -0.2) is 0 Å². The summed E-state index contributed by atoms with van der Waals surface area (Å²) >= 11 is 0. The van der Waals surface area contributed by atoms with Crippen LogP contribution in [0.2, 0.25) is 0 Å². The van der Waals surface area contributed by atoms with E-state index in [0.29, 0.717) is 5.92 Å². The number of allylic oxidation sites excluding steroid dienone is 1. The van der Waals surface area contributed by atoms with Crippen molar-refractivity contribution in [3.8, 4) is 0 Å². The third-order valence-electron chi connectivity index (χ3n) is 6.13. The Balaban J connectivity index is 1.66. The first-order chi connectivity index (χ1) is 13.1.